The molecule has 8 nitrogen and oxygen atoms in total. The second-order valence-corrected chi connectivity index (χ2v) is 7.92. The smallest absolute Gasteiger partial charge is 0.347 e. The Labute approximate surface area is 190 Å². The Kier molecular flexibility index (Phi) is 5.66. The van der Waals surface area contributed by atoms with E-state index in [0.29, 0.717) is 25.2 Å². The van der Waals surface area contributed by atoms with Gasteiger partial charge in [-0.1, -0.05) is 24.3 Å². The minimum absolute atomic E-state index is 0.0232. The minimum Gasteiger partial charge on any atom is -0.462 e. The summed E-state index contributed by atoms with van der Waals surface area (Å²) in [5.41, 5.74) is 3.68. The van der Waals surface area contributed by atoms with Crippen LogP contribution in [0.3, 0.4) is 0 Å². The number of ketones is 1. The van der Waals surface area contributed by atoms with Crippen LogP contribution in [0.5, 0.6) is 0 Å². The maximum absolute atomic E-state index is 13.3. The van der Waals surface area contributed by atoms with Crippen molar-refractivity contribution in [3.8, 4) is 0 Å². The molecule has 0 bridgehead atoms. The first-order chi connectivity index (χ1) is 16.2. The molecule has 2 aliphatic heterocycles. The van der Waals surface area contributed by atoms with Gasteiger partial charge in [-0.05, 0) is 35.8 Å². The Bertz CT molecular complexity index is 1290. The molecule has 0 fully saturated rings. The highest BCUT2D eigenvalue weighted by molar-refractivity contribution is 6.26. The van der Waals surface area contributed by atoms with Gasteiger partial charge < -0.3 is 24.5 Å². The van der Waals surface area contributed by atoms with Gasteiger partial charge in [0.2, 0.25) is 11.7 Å². The number of hydrogen-bond donors (Lipinski definition) is 2. The molecule has 4 heterocycles. The molecule has 33 heavy (non-hydrogen) atoms. The number of benzene rings is 1. The summed E-state index contributed by atoms with van der Waals surface area (Å²) >= 11 is 0. The number of ether oxygens (including phenoxy) is 2. The van der Waals surface area contributed by atoms with Crippen LogP contribution in [0.4, 0.5) is 0 Å². The van der Waals surface area contributed by atoms with Crippen LogP contribution in [0.15, 0.2) is 66.0 Å². The summed E-state index contributed by atoms with van der Waals surface area (Å²) in [6.07, 6.45) is 6.12. The zero-order valence-electron chi connectivity index (χ0n) is 17.9. The number of H-pyrrole nitrogens is 1. The van der Waals surface area contributed by atoms with Gasteiger partial charge in [0.15, 0.2) is 11.3 Å². The number of aliphatic hydroxyl groups is 1. The standard InChI is InChI=1S/C25H23N3O5/c29-11-4-12-32-25(31)21-22(30)20(13-18-14-27-23-19(18)7-3-9-26-23)33-24(21)28-10-8-16-5-1-2-6-17(16)15-28/h1-3,5-7,9,13-14,29H,4,8,10-12,15H2,(H,26,27)/b20-13-. The molecule has 0 atom stereocenters. The number of hydrogen-bond acceptors (Lipinski definition) is 7. The highest BCUT2D eigenvalue weighted by Crippen LogP contribution is 2.33. The van der Waals surface area contributed by atoms with Crippen molar-refractivity contribution in [2.24, 2.45) is 0 Å². The number of esters is 1. The van der Waals surface area contributed by atoms with Crippen LogP contribution in [-0.4, -0.2) is 51.5 Å². The number of fused-ring (bicyclic) bond motifs is 2. The lowest BCUT2D eigenvalue weighted by atomic mass is 10.00. The van der Waals surface area contributed by atoms with Crippen molar-refractivity contribution in [3.05, 3.63) is 82.7 Å². The van der Waals surface area contributed by atoms with E-state index in [2.05, 4.69) is 16.0 Å². The minimum atomic E-state index is -0.744. The molecule has 168 valence electrons. The maximum atomic E-state index is 13.3. The van der Waals surface area contributed by atoms with E-state index < -0.39 is 11.8 Å². The first kappa shape index (κ1) is 21.0. The normalized spacial score (nSPS) is 16.9. The summed E-state index contributed by atoms with van der Waals surface area (Å²) in [4.78, 5) is 35.4. The third kappa shape index (κ3) is 4.01. The average molecular weight is 445 g/mol. The molecule has 0 radical (unpaired) electrons. The van der Waals surface area contributed by atoms with Crippen LogP contribution in [0.2, 0.25) is 0 Å². The van der Waals surface area contributed by atoms with E-state index in [4.69, 9.17) is 14.6 Å². The van der Waals surface area contributed by atoms with Gasteiger partial charge in [-0.15, -0.1) is 0 Å². The second-order valence-electron chi connectivity index (χ2n) is 7.92. The maximum Gasteiger partial charge on any atom is 0.347 e. The molecule has 0 saturated heterocycles. The summed E-state index contributed by atoms with van der Waals surface area (Å²) in [6.45, 7) is 1.05. The lowest BCUT2D eigenvalue weighted by Gasteiger charge is -2.30. The van der Waals surface area contributed by atoms with Crippen LogP contribution in [0.25, 0.3) is 17.1 Å². The van der Waals surface area contributed by atoms with Crippen LogP contribution < -0.4 is 0 Å². The molecule has 0 unspecified atom stereocenters. The van der Waals surface area contributed by atoms with Gasteiger partial charge in [0.25, 0.3) is 0 Å². The van der Waals surface area contributed by atoms with E-state index in [1.807, 2.05) is 35.2 Å². The molecular formula is C25H23N3O5. The molecular weight excluding hydrogens is 422 g/mol. The fraction of sp³-hybridized carbons (Fsp3) is 0.240. The molecule has 5 rings (SSSR count). The van der Waals surface area contributed by atoms with E-state index in [9.17, 15) is 9.59 Å². The number of nitrogens with zero attached hydrogens (tertiary/aromatic N) is 2. The first-order valence-electron chi connectivity index (χ1n) is 10.9. The fourth-order valence-electron chi connectivity index (χ4n) is 4.13. The highest BCUT2D eigenvalue weighted by Gasteiger charge is 2.40. The van der Waals surface area contributed by atoms with E-state index >= 15 is 0 Å². The Morgan fingerprint density at radius 3 is 2.94 bits per heavy atom. The van der Waals surface area contributed by atoms with Crippen molar-refractivity contribution in [3.63, 3.8) is 0 Å². The second kappa shape index (κ2) is 8.91. The fourth-order valence-corrected chi connectivity index (χ4v) is 4.13. The van der Waals surface area contributed by atoms with Gasteiger partial charge in [-0.2, -0.15) is 0 Å². The summed E-state index contributed by atoms with van der Waals surface area (Å²) in [5, 5.41) is 9.84. The lowest BCUT2D eigenvalue weighted by molar-refractivity contribution is -0.140. The predicted octanol–water partition coefficient (Wildman–Crippen LogP) is 2.70. The number of rotatable bonds is 6. The quantitative estimate of drug-likeness (QED) is 0.260. The Morgan fingerprint density at radius 2 is 2.09 bits per heavy atom. The molecule has 8 heteroatoms. The van der Waals surface area contributed by atoms with Crippen LogP contribution >= 0.6 is 0 Å². The molecule has 0 spiro atoms. The van der Waals surface area contributed by atoms with Crippen molar-refractivity contribution in [2.45, 2.75) is 19.4 Å². The summed E-state index contributed by atoms with van der Waals surface area (Å²) in [5.74, 6) is -0.988. The average Bonchev–Trinajstić information content (AvgIpc) is 3.40. The van der Waals surface area contributed by atoms with Crippen molar-refractivity contribution >= 4 is 28.9 Å². The summed E-state index contributed by atoms with van der Waals surface area (Å²) in [7, 11) is 0. The highest BCUT2D eigenvalue weighted by atomic mass is 16.5. The van der Waals surface area contributed by atoms with Crippen molar-refractivity contribution < 1.29 is 24.2 Å². The van der Waals surface area contributed by atoms with E-state index in [1.165, 1.54) is 5.56 Å². The van der Waals surface area contributed by atoms with Gasteiger partial charge in [0.1, 0.15) is 5.65 Å². The van der Waals surface area contributed by atoms with Gasteiger partial charge in [-0.25, -0.2) is 9.78 Å². The van der Waals surface area contributed by atoms with E-state index in [1.54, 1.807) is 18.5 Å². The topological polar surface area (TPSA) is 105 Å². The lowest BCUT2D eigenvalue weighted by Crippen LogP contribution is -2.31. The third-order valence-electron chi connectivity index (χ3n) is 5.80. The van der Waals surface area contributed by atoms with Gasteiger partial charge in [-0.3, -0.25) is 4.79 Å². The number of allylic oxidation sites excluding steroid dienone is 1. The number of aliphatic hydroxyl groups excluding tert-OH is 1. The van der Waals surface area contributed by atoms with Crippen LogP contribution in [-0.2, 0) is 32.0 Å². The summed E-state index contributed by atoms with van der Waals surface area (Å²) < 4.78 is 11.3. The Balaban J connectivity index is 1.49. The molecule has 3 aromatic rings. The Morgan fingerprint density at radius 1 is 1.24 bits per heavy atom. The van der Waals surface area contributed by atoms with Gasteiger partial charge >= 0.3 is 5.97 Å². The molecule has 1 aromatic carbocycles. The number of aromatic nitrogens is 2. The first-order valence-corrected chi connectivity index (χ1v) is 10.9. The molecule has 2 aromatic heterocycles. The van der Waals surface area contributed by atoms with Crippen molar-refractivity contribution in [1.29, 1.82) is 0 Å². The third-order valence-corrected chi connectivity index (χ3v) is 5.80. The number of pyridine rings is 1. The SMILES string of the molecule is O=C(OCCCO)C1=C(N2CCc3ccccc3C2)O/C(=C\c2c[nH]c3ncccc23)C1=O. The number of carbonyl (C=O) groups is 2. The zero-order valence-corrected chi connectivity index (χ0v) is 17.9. The monoisotopic (exact) mass is 445 g/mol. The zero-order chi connectivity index (χ0) is 22.8. The summed E-state index contributed by atoms with van der Waals surface area (Å²) in [6, 6.07) is 11.8. The van der Waals surface area contributed by atoms with Crippen molar-refractivity contribution in [2.75, 3.05) is 19.8 Å². The molecule has 2 aliphatic rings. The van der Waals surface area contributed by atoms with Gasteiger partial charge in [0, 0.05) is 49.5 Å². The van der Waals surface area contributed by atoms with E-state index in [-0.39, 0.29) is 30.4 Å². The largest absolute Gasteiger partial charge is 0.462 e. The molecule has 0 amide bonds. The van der Waals surface area contributed by atoms with Crippen LogP contribution in [0.1, 0.15) is 23.1 Å². The Hall–Kier alpha value is -3.91. The number of nitrogens with one attached hydrogen (secondary N) is 1. The number of Topliss-reactive ketones (excluding diaryl/α,β-unsaturated/α-hetero) is 1. The number of aromatic amines is 1. The van der Waals surface area contributed by atoms with Gasteiger partial charge in [0.05, 0.1) is 6.61 Å². The molecule has 2 N–H and O–H groups in total. The predicted molar refractivity (Wildman–Crippen MR) is 120 cm³/mol. The van der Waals surface area contributed by atoms with Crippen molar-refractivity contribution in [1.82, 2.24) is 14.9 Å². The van der Waals surface area contributed by atoms with E-state index in [0.717, 1.165) is 22.9 Å². The number of carbonyl (C=O) groups excluding carboxylic acids is 2. The molecule has 0 saturated carbocycles. The van der Waals surface area contributed by atoms with Crippen LogP contribution in [0, 0.1) is 0 Å². The molecule has 0 aliphatic carbocycles.